The molecule has 0 unspecified atom stereocenters. The number of esters is 1. The third-order valence-corrected chi connectivity index (χ3v) is 2.57. The molecule has 0 heterocycles. The maximum absolute atomic E-state index is 11.2. The lowest BCUT2D eigenvalue weighted by atomic mass is 9.96. The molecule has 0 aromatic rings. The maximum Gasteiger partial charge on any atom is 0.310 e. The fourth-order valence-electron chi connectivity index (χ4n) is 1.78. The van der Waals surface area contributed by atoms with Gasteiger partial charge in [0, 0.05) is 6.04 Å². The number of methoxy groups -OCH3 is 1. The molecule has 1 aliphatic carbocycles. The molecule has 1 rings (SSSR count). The van der Waals surface area contributed by atoms with E-state index in [-0.39, 0.29) is 17.9 Å². The van der Waals surface area contributed by atoms with Gasteiger partial charge in [-0.05, 0) is 12.8 Å². The minimum Gasteiger partial charge on any atom is -0.469 e. The molecule has 0 saturated heterocycles. The van der Waals surface area contributed by atoms with Crippen molar-refractivity contribution in [1.82, 2.24) is 0 Å². The van der Waals surface area contributed by atoms with E-state index in [0.29, 0.717) is 0 Å². The Kier molecular flexibility index (Phi) is 3.53. The van der Waals surface area contributed by atoms with Crippen molar-refractivity contribution in [2.75, 3.05) is 7.11 Å². The highest BCUT2D eigenvalue weighted by Crippen LogP contribution is 2.22. The van der Waals surface area contributed by atoms with Crippen molar-refractivity contribution in [3.8, 4) is 0 Å². The van der Waals surface area contributed by atoms with Gasteiger partial charge >= 0.3 is 5.97 Å². The highest BCUT2D eigenvalue weighted by atomic mass is 16.5. The average Bonchev–Trinajstić information content (AvgIpc) is 2.28. The van der Waals surface area contributed by atoms with Gasteiger partial charge in [0.2, 0.25) is 0 Å². The Morgan fingerprint density at radius 3 is 2.67 bits per heavy atom. The number of ether oxygens (including phenoxy) is 1. The van der Waals surface area contributed by atoms with E-state index in [4.69, 9.17) is 10.5 Å². The second-order valence-corrected chi connectivity index (χ2v) is 3.43. The van der Waals surface area contributed by atoms with Gasteiger partial charge in [0.1, 0.15) is 0 Å². The Hall–Kier alpha value is -0.570. The Morgan fingerprint density at radius 1 is 1.33 bits per heavy atom. The van der Waals surface area contributed by atoms with Crippen LogP contribution in [0.4, 0.5) is 0 Å². The molecule has 1 fully saturated rings. The minimum atomic E-state index is -0.135. The predicted octanol–water partition coefficient (Wildman–Crippen LogP) is 1.07. The molecule has 0 aromatic heterocycles. The Bertz CT molecular complexity index is 159. The lowest BCUT2D eigenvalue weighted by Crippen LogP contribution is -2.35. The summed E-state index contributed by atoms with van der Waals surface area (Å²) >= 11 is 0. The summed E-state index contributed by atoms with van der Waals surface area (Å²) in [6.45, 7) is 0. The number of carbonyl (C=O) groups excluding carboxylic acids is 1. The van der Waals surface area contributed by atoms with Crippen LogP contribution in [0.2, 0.25) is 0 Å². The van der Waals surface area contributed by atoms with Gasteiger partial charge in [-0.3, -0.25) is 4.79 Å². The standard InChI is InChI=1S/C9H17NO2/c1-12-9(11)7-5-3-2-4-6-8(7)10/h7-8H,2-6,10H2,1H3/t7-,8-/m0/s1. The molecule has 0 amide bonds. The molecule has 0 bridgehead atoms. The first-order valence-corrected chi connectivity index (χ1v) is 4.59. The van der Waals surface area contributed by atoms with Gasteiger partial charge in [0.15, 0.2) is 0 Å². The van der Waals surface area contributed by atoms with E-state index in [0.717, 1.165) is 25.7 Å². The van der Waals surface area contributed by atoms with Crippen LogP contribution in [0.1, 0.15) is 32.1 Å². The number of hydrogen-bond acceptors (Lipinski definition) is 3. The van der Waals surface area contributed by atoms with Crippen LogP contribution in [0.3, 0.4) is 0 Å². The monoisotopic (exact) mass is 171 g/mol. The van der Waals surface area contributed by atoms with Crippen LogP contribution < -0.4 is 5.73 Å². The molecule has 3 heteroatoms. The normalized spacial score (nSPS) is 30.8. The summed E-state index contributed by atoms with van der Waals surface area (Å²) in [6, 6.07) is 0.0138. The van der Waals surface area contributed by atoms with E-state index < -0.39 is 0 Å². The van der Waals surface area contributed by atoms with E-state index >= 15 is 0 Å². The van der Waals surface area contributed by atoms with Crippen molar-refractivity contribution in [3.63, 3.8) is 0 Å². The molecule has 3 nitrogen and oxygen atoms in total. The second-order valence-electron chi connectivity index (χ2n) is 3.43. The average molecular weight is 171 g/mol. The van der Waals surface area contributed by atoms with Gasteiger partial charge in [0.05, 0.1) is 13.0 Å². The molecule has 2 atom stereocenters. The molecule has 1 aliphatic rings. The summed E-state index contributed by atoms with van der Waals surface area (Å²) in [5, 5.41) is 0. The van der Waals surface area contributed by atoms with E-state index in [9.17, 15) is 4.79 Å². The van der Waals surface area contributed by atoms with E-state index in [2.05, 4.69) is 0 Å². The first-order chi connectivity index (χ1) is 5.75. The van der Waals surface area contributed by atoms with Gasteiger partial charge in [-0.25, -0.2) is 0 Å². The van der Waals surface area contributed by atoms with Crippen LogP contribution in [0.25, 0.3) is 0 Å². The van der Waals surface area contributed by atoms with Crippen LogP contribution in [-0.4, -0.2) is 19.1 Å². The van der Waals surface area contributed by atoms with Gasteiger partial charge < -0.3 is 10.5 Å². The molecule has 12 heavy (non-hydrogen) atoms. The van der Waals surface area contributed by atoms with Gasteiger partial charge in [-0.15, -0.1) is 0 Å². The lowest BCUT2D eigenvalue weighted by molar-refractivity contribution is -0.146. The zero-order chi connectivity index (χ0) is 8.97. The predicted molar refractivity (Wildman–Crippen MR) is 46.6 cm³/mol. The third-order valence-electron chi connectivity index (χ3n) is 2.57. The summed E-state index contributed by atoms with van der Waals surface area (Å²) in [5.74, 6) is -0.193. The van der Waals surface area contributed by atoms with Gasteiger partial charge in [-0.1, -0.05) is 19.3 Å². The zero-order valence-electron chi connectivity index (χ0n) is 7.58. The maximum atomic E-state index is 11.2. The quantitative estimate of drug-likeness (QED) is 0.474. The molecular weight excluding hydrogens is 154 g/mol. The molecule has 70 valence electrons. The number of hydrogen-bond donors (Lipinski definition) is 1. The topological polar surface area (TPSA) is 52.3 Å². The molecule has 0 spiro atoms. The molecule has 1 saturated carbocycles. The van der Waals surface area contributed by atoms with Crippen LogP contribution in [0.15, 0.2) is 0 Å². The Balaban J connectivity index is 2.52. The van der Waals surface area contributed by atoms with Crippen LogP contribution >= 0.6 is 0 Å². The van der Waals surface area contributed by atoms with Crippen molar-refractivity contribution in [3.05, 3.63) is 0 Å². The first kappa shape index (κ1) is 9.52. The molecule has 0 aromatic carbocycles. The van der Waals surface area contributed by atoms with Crippen molar-refractivity contribution in [2.45, 2.75) is 38.1 Å². The number of carbonyl (C=O) groups is 1. The lowest BCUT2D eigenvalue weighted by Gasteiger charge is -2.17. The van der Waals surface area contributed by atoms with Crippen LogP contribution in [-0.2, 0) is 9.53 Å². The zero-order valence-corrected chi connectivity index (χ0v) is 7.58. The molecule has 0 radical (unpaired) electrons. The third kappa shape index (κ3) is 2.21. The number of rotatable bonds is 1. The van der Waals surface area contributed by atoms with Crippen molar-refractivity contribution in [2.24, 2.45) is 11.7 Å². The minimum absolute atomic E-state index is 0.0138. The largest absolute Gasteiger partial charge is 0.469 e. The highest BCUT2D eigenvalue weighted by molar-refractivity contribution is 5.73. The van der Waals surface area contributed by atoms with Crippen molar-refractivity contribution in [1.29, 1.82) is 0 Å². The summed E-state index contributed by atoms with van der Waals surface area (Å²) < 4.78 is 4.70. The Labute approximate surface area is 73.3 Å². The summed E-state index contributed by atoms with van der Waals surface area (Å²) in [6.07, 6.45) is 5.30. The highest BCUT2D eigenvalue weighted by Gasteiger charge is 2.27. The molecule has 2 N–H and O–H groups in total. The Morgan fingerprint density at radius 2 is 2.00 bits per heavy atom. The van der Waals surface area contributed by atoms with Crippen LogP contribution in [0.5, 0.6) is 0 Å². The summed E-state index contributed by atoms with van der Waals surface area (Å²) in [5.41, 5.74) is 5.85. The smallest absolute Gasteiger partial charge is 0.310 e. The van der Waals surface area contributed by atoms with E-state index in [1.807, 2.05) is 0 Å². The fraction of sp³-hybridized carbons (Fsp3) is 0.889. The summed E-state index contributed by atoms with van der Waals surface area (Å²) in [4.78, 5) is 11.2. The van der Waals surface area contributed by atoms with Gasteiger partial charge in [0.25, 0.3) is 0 Å². The van der Waals surface area contributed by atoms with E-state index in [1.54, 1.807) is 0 Å². The van der Waals surface area contributed by atoms with Crippen LogP contribution in [0, 0.1) is 5.92 Å². The van der Waals surface area contributed by atoms with E-state index in [1.165, 1.54) is 13.5 Å². The second kappa shape index (κ2) is 4.45. The number of nitrogens with two attached hydrogens (primary N) is 1. The fourth-order valence-corrected chi connectivity index (χ4v) is 1.78. The SMILES string of the molecule is COC(=O)[C@H]1CCCCC[C@@H]1N. The summed E-state index contributed by atoms with van der Waals surface area (Å²) in [7, 11) is 1.43. The van der Waals surface area contributed by atoms with Crippen molar-refractivity contribution >= 4 is 5.97 Å². The molecule has 0 aliphatic heterocycles. The first-order valence-electron chi connectivity index (χ1n) is 4.59. The molecular formula is C9H17NO2. The van der Waals surface area contributed by atoms with Crippen molar-refractivity contribution < 1.29 is 9.53 Å². The van der Waals surface area contributed by atoms with Gasteiger partial charge in [-0.2, -0.15) is 0 Å².